The van der Waals surface area contributed by atoms with Crippen LogP contribution in [0.5, 0.6) is 0 Å². The van der Waals surface area contributed by atoms with E-state index >= 15 is 0 Å². The molecule has 0 radical (unpaired) electrons. The first-order valence-corrected chi connectivity index (χ1v) is 8.72. The summed E-state index contributed by atoms with van der Waals surface area (Å²) in [6.45, 7) is 5.84. The smallest absolute Gasteiger partial charge is 0.275 e. The summed E-state index contributed by atoms with van der Waals surface area (Å²) in [4.78, 5) is 28.5. The average Bonchev–Trinajstić information content (AvgIpc) is 2.81. The Labute approximate surface area is 131 Å². The van der Waals surface area contributed by atoms with Crippen LogP contribution in [0.15, 0.2) is 10.9 Å². The topological polar surface area (TPSA) is 76.4 Å². The molecular weight excluding hydrogens is 308 g/mol. The van der Waals surface area contributed by atoms with Gasteiger partial charge in [-0.05, 0) is 20.3 Å². The van der Waals surface area contributed by atoms with E-state index in [1.165, 1.54) is 33.7 Å². The zero-order valence-electron chi connectivity index (χ0n) is 12.3. The van der Waals surface area contributed by atoms with E-state index in [0.717, 1.165) is 11.4 Å². The van der Waals surface area contributed by atoms with E-state index in [4.69, 9.17) is 0 Å². The number of aryl methyl sites for hydroxylation is 1. The molecule has 1 amide bonds. The highest BCUT2D eigenvalue weighted by molar-refractivity contribution is 7.99. The van der Waals surface area contributed by atoms with E-state index in [-0.39, 0.29) is 17.5 Å². The number of hydrogen-bond donors (Lipinski definition) is 1. The van der Waals surface area contributed by atoms with Crippen LogP contribution in [-0.2, 0) is 17.0 Å². The summed E-state index contributed by atoms with van der Waals surface area (Å²) in [6, 6.07) is 1.63. The van der Waals surface area contributed by atoms with E-state index < -0.39 is 0 Å². The number of rotatable bonds is 6. The standard InChI is InChI=1S/C13H18N4O2S2/c1-4-11-16-17-12(19)5-9(15-13(17)21-11)6-20-7-10(18)14-8(2)3/h5,8H,4,6-7H2,1-3H3,(H,14,18). The summed E-state index contributed by atoms with van der Waals surface area (Å²) >= 11 is 2.87. The lowest BCUT2D eigenvalue weighted by Gasteiger charge is -2.07. The van der Waals surface area contributed by atoms with Crippen molar-refractivity contribution >= 4 is 34.0 Å². The third-order valence-electron chi connectivity index (χ3n) is 2.58. The van der Waals surface area contributed by atoms with Gasteiger partial charge in [0.1, 0.15) is 5.01 Å². The van der Waals surface area contributed by atoms with Crippen molar-refractivity contribution in [2.75, 3.05) is 5.75 Å². The molecule has 2 rings (SSSR count). The SMILES string of the molecule is CCc1nn2c(=O)cc(CSCC(=O)NC(C)C)nc2s1. The molecule has 0 fully saturated rings. The van der Waals surface area contributed by atoms with Crippen LogP contribution < -0.4 is 10.9 Å². The molecule has 0 aliphatic heterocycles. The van der Waals surface area contributed by atoms with Crippen molar-refractivity contribution in [2.24, 2.45) is 0 Å². The van der Waals surface area contributed by atoms with Gasteiger partial charge >= 0.3 is 0 Å². The Balaban J connectivity index is 2.02. The van der Waals surface area contributed by atoms with Crippen LogP contribution in [0, 0.1) is 0 Å². The van der Waals surface area contributed by atoms with Gasteiger partial charge in [-0.3, -0.25) is 9.59 Å². The molecule has 0 atom stereocenters. The fraction of sp³-hybridized carbons (Fsp3) is 0.538. The summed E-state index contributed by atoms with van der Waals surface area (Å²) in [7, 11) is 0. The van der Waals surface area contributed by atoms with E-state index in [1.807, 2.05) is 20.8 Å². The molecule has 0 aromatic carbocycles. The zero-order chi connectivity index (χ0) is 15.4. The lowest BCUT2D eigenvalue weighted by atomic mass is 10.4. The zero-order valence-corrected chi connectivity index (χ0v) is 13.9. The number of thioether (sulfide) groups is 1. The van der Waals surface area contributed by atoms with Gasteiger partial charge in [-0.2, -0.15) is 9.61 Å². The van der Waals surface area contributed by atoms with Crippen LogP contribution in [0.1, 0.15) is 31.5 Å². The van der Waals surface area contributed by atoms with Gasteiger partial charge in [0.05, 0.1) is 11.4 Å². The van der Waals surface area contributed by atoms with Gasteiger partial charge in [0.15, 0.2) is 0 Å². The number of fused-ring (bicyclic) bond motifs is 1. The van der Waals surface area contributed by atoms with Gasteiger partial charge in [-0.1, -0.05) is 18.3 Å². The van der Waals surface area contributed by atoms with E-state index in [1.54, 1.807) is 0 Å². The molecule has 0 saturated heterocycles. The molecule has 0 aliphatic carbocycles. The summed E-state index contributed by atoms with van der Waals surface area (Å²) in [6.07, 6.45) is 0.785. The van der Waals surface area contributed by atoms with Crippen LogP contribution >= 0.6 is 23.1 Å². The first-order chi connectivity index (χ1) is 9.99. The molecule has 0 unspecified atom stereocenters. The number of carbonyl (C=O) groups excluding carboxylic acids is 1. The minimum atomic E-state index is -0.168. The number of carbonyl (C=O) groups is 1. The Bertz CT molecular complexity index is 693. The number of hydrogen-bond acceptors (Lipinski definition) is 6. The normalized spacial score (nSPS) is 11.2. The Hall–Kier alpha value is -1.41. The maximum Gasteiger partial charge on any atom is 0.275 e. The summed E-state index contributed by atoms with van der Waals surface area (Å²) < 4.78 is 1.34. The van der Waals surface area contributed by atoms with Gasteiger partial charge in [0.25, 0.3) is 5.56 Å². The highest BCUT2D eigenvalue weighted by atomic mass is 32.2. The Kier molecular flexibility index (Phi) is 5.35. The Morgan fingerprint density at radius 1 is 1.52 bits per heavy atom. The lowest BCUT2D eigenvalue weighted by molar-refractivity contribution is -0.119. The molecule has 2 aromatic heterocycles. The van der Waals surface area contributed by atoms with Crippen molar-refractivity contribution in [3.8, 4) is 0 Å². The van der Waals surface area contributed by atoms with Gasteiger partial charge in [0.2, 0.25) is 10.9 Å². The molecule has 114 valence electrons. The molecule has 8 heteroatoms. The molecule has 6 nitrogen and oxygen atoms in total. The number of nitrogens with zero attached hydrogens (tertiary/aromatic N) is 3. The maximum atomic E-state index is 11.9. The highest BCUT2D eigenvalue weighted by Gasteiger charge is 2.09. The van der Waals surface area contributed by atoms with Gasteiger partial charge in [-0.15, -0.1) is 11.8 Å². The average molecular weight is 326 g/mol. The molecule has 21 heavy (non-hydrogen) atoms. The second-order valence-electron chi connectivity index (χ2n) is 4.84. The Morgan fingerprint density at radius 3 is 2.95 bits per heavy atom. The van der Waals surface area contributed by atoms with Crippen LogP contribution in [-0.4, -0.2) is 32.3 Å². The van der Waals surface area contributed by atoms with E-state index in [2.05, 4.69) is 15.4 Å². The summed E-state index contributed by atoms with van der Waals surface area (Å²) in [5, 5.41) is 7.92. The number of nitrogens with one attached hydrogen (secondary N) is 1. The molecule has 2 aromatic rings. The second-order valence-corrected chi connectivity index (χ2v) is 6.87. The van der Waals surface area contributed by atoms with Gasteiger partial charge in [0, 0.05) is 17.9 Å². The molecule has 0 bridgehead atoms. The van der Waals surface area contributed by atoms with E-state index in [9.17, 15) is 9.59 Å². The minimum Gasteiger partial charge on any atom is -0.353 e. The quantitative estimate of drug-likeness (QED) is 0.870. The minimum absolute atomic E-state index is 0.00106. The highest BCUT2D eigenvalue weighted by Crippen LogP contribution is 2.14. The third kappa shape index (κ3) is 4.28. The number of amides is 1. The van der Waals surface area contributed by atoms with Crippen molar-refractivity contribution in [1.82, 2.24) is 19.9 Å². The van der Waals surface area contributed by atoms with Crippen molar-refractivity contribution in [3.63, 3.8) is 0 Å². The van der Waals surface area contributed by atoms with E-state index in [0.29, 0.717) is 22.2 Å². The van der Waals surface area contributed by atoms with Gasteiger partial charge in [-0.25, -0.2) is 4.98 Å². The van der Waals surface area contributed by atoms with Crippen LogP contribution in [0.4, 0.5) is 0 Å². The predicted molar refractivity (Wildman–Crippen MR) is 86.0 cm³/mol. The molecule has 0 aliphatic rings. The fourth-order valence-electron chi connectivity index (χ4n) is 1.72. The van der Waals surface area contributed by atoms with Gasteiger partial charge < -0.3 is 5.32 Å². The molecule has 0 spiro atoms. The first kappa shape index (κ1) is 16.0. The first-order valence-electron chi connectivity index (χ1n) is 6.75. The second kappa shape index (κ2) is 7.04. The van der Waals surface area contributed by atoms with Crippen molar-refractivity contribution in [1.29, 1.82) is 0 Å². The largest absolute Gasteiger partial charge is 0.353 e. The fourth-order valence-corrected chi connectivity index (χ4v) is 3.31. The number of aromatic nitrogens is 3. The van der Waals surface area contributed by atoms with Crippen molar-refractivity contribution in [2.45, 2.75) is 39.0 Å². The summed E-state index contributed by atoms with van der Waals surface area (Å²) in [5.74, 6) is 0.900. The summed E-state index contributed by atoms with van der Waals surface area (Å²) in [5.41, 5.74) is 0.520. The predicted octanol–water partition coefficient (Wildman–Crippen LogP) is 1.47. The molecule has 1 N–H and O–H groups in total. The van der Waals surface area contributed by atoms with Crippen LogP contribution in [0.25, 0.3) is 4.96 Å². The molecule has 2 heterocycles. The van der Waals surface area contributed by atoms with Crippen LogP contribution in [0.3, 0.4) is 0 Å². The van der Waals surface area contributed by atoms with Crippen molar-refractivity contribution in [3.05, 3.63) is 27.1 Å². The monoisotopic (exact) mass is 326 g/mol. The third-order valence-corrected chi connectivity index (χ3v) is 4.59. The Morgan fingerprint density at radius 2 is 2.29 bits per heavy atom. The molecule has 0 saturated carbocycles. The van der Waals surface area contributed by atoms with Crippen LogP contribution in [0.2, 0.25) is 0 Å². The molecular formula is C13H18N4O2S2. The maximum absolute atomic E-state index is 11.9. The van der Waals surface area contributed by atoms with Crippen molar-refractivity contribution < 1.29 is 4.79 Å². The lowest BCUT2D eigenvalue weighted by Crippen LogP contribution is -2.31.